The molecule has 5 heterocycles. The molecule has 0 radical (unpaired) electrons. The number of Topliss-reactive ketones (excluding diaryl/α,β-unsaturated/α-hetero) is 2. The van der Waals surface area contributed by atoms with E-state index in [4.69, 9.17) is 34.3 Å². The molecule has 5 rings (SSSR count). The second-order valence-electron chi connectivity index (χ2n) is 17.3. The van der Waals surface area contributed by atoms with Gasteiger partial charge in [0.1, 0.15) is 29.6 Å². The molecule has 2 aromatic rings. The van der Waals surface area contributed by atoms with Gasteiger partial charge < -0.3 is 44.3 Å². The average molecular weight is 878 g/mol. The van der Waals surface area contributed by atoms with Gasteiger partial charge in [-0.15, -0.1) is 10.2 Å². The molecule has 3 aliphatic heterocycles. The molecule has 0 amide bonds. The smallest absolute Gasteiger partial charge is 0.351 e. The summed E-state index contributed by atoms with van der Waals surface area (Å²) in [4.78, 5) is 72.8. The number of hydrogen-bond donors (Lipinski definition) is 2. The number of ether oxygens (including phenoxy) is 5. The lowest BCUT2D eigenvalue weighted by Crippen LogP contribution is -2.61. The van der Waals surface area contributed by atoms with E-state index in [2.05, 4.69) is 25.3 Å². The first-order valence-electron chi connectivity index (χ1n) is 20.5. The maximum absolute atomic E-state index is 16.9. The van der Waals surface area contributed by atoms with Gasteiger partial charge in [0.2, 0.25) is 0 Å². The highest BCUT2D eigenvalue weighted by molar-refractivity contribution is 7.14. The third-order valence-corrected chi connectivity index (χ3v) is 13.7. The summed E-state index contributed by atoms with van der Waals surface area (Å²) in [7, 11) is 4.97. The van der Waals surface area contributed by atoms with E-state index in [0.717, 1.165) is 6.92 Å². The van der Waals surface area contributed by atoms with Crippen molar-refractivity contribution in [2.24, 2.45) is 40.5 Å². The number of fused-ring (bicyclic) bond motifs is 1. The van der Waals surface area contributed by atoms with Crippen LogP contribution in [0, 0.1) is 29.6 Å². The van der Waals surface area contributed by atoms with E-state index >= 15 is 4.39 Å². The largest absolute Gasteiger partial charge is 0.455 e. The Morgan fingerprint density at radius 2 is 1.80 bits per heavy atom. The number of cyclic esters (lactones) is 1. The third-order valence-electron chi connectivity index (χ3n) is 12.6. The fourth-order valence-electron chi connectivity index (χ4n) is 9.10. The second-order valence-corrected chi connectivity index (χ2v) is 18.3. The number of nitrogens with zero attached hydrogens (tertiary/aromatic N) is 6. The minimum atomic E-state index is -3.25. The van der Waals surface area contributed by atoms with Crippen LogP contribution in [0.3, 0.4) is 0 Å². The van der Waals surface area contributed by atoms with Crippen LogP contribution in [0.1, 0.15) is 92.7 Å². The zero-order valence-electron chi connectivity index (χ0n) is 36.9. The number of oxime groups is 1. The third kappa shape index (κ3) is 9.49. The fourth-order valence-corrected chi connectivity index (χ4v) is 9.88. The summed E-state index contributed by atoms with van der Waals surface area (Å²) in [5.41, 5.74) is 0.520. The number of aromatic nitrogens is 4. The van der Waals surface area contributed by atoms with Crippen molar-refractivity contribution in [3.63, 3.8) is 0 Å². The van der Waals surface area contributed by atoms with E-state index < -0.39 is 101 Å². The van der Waals surface area contributed by atoms with Crippen molar-refractivity contribution in [2.45, 2.75) is 141 Å². The molecule has 3 N–H and O–H groups in total. The van der Waals surface area contributed by atoms with Crippen LogP contribution in [0.4, 0.5) is 4.39 Å². The average Bonchev–Trinajstić information content (AvgIpc) is 3.83. The Bertz CT molecular complexity index is 1940. The van der Waals surface area contributed by atoms with E-state index in [1.54, 1.807) is 48.7 Å². The Morgan fingerprint density at radius 1 is 1.11 bits per heavy atom. The number of aliphatic hydroxyl groups is 1. The molecule has 338 valence electrons. The second kappa shape index (κ2) is 18.7. The molecule has 0 saturated carbocycles. The zero-order chi connectivity index (χ0) is 45.4. The Hall–Kier alpha value is -4.08. The van der Waals surface area contributed by atoms with Crippen LogP contribution in [0.25, 0.3) is 10.7 Å². The quantitative estimate of drug-likeness (QED) is 0.114. The number of halogens is 1. The number of hydrogen-bond acceptors (Lipinski definition) is 18. The standard InChI is InChI=1S/C41H60FN7O11S/c1-13-26-41(9)28(27(36(53)59-41)33(43)48-60-23(6)34-46-47-35(61-34)24-18-44-14-15-45-24)21(4)29(50)19(2)17-39(7,55-12)32(22(5)31(52)40(8,42)38(54)57-26)58-37-30(51)25(49(10)11)16-20(3)56-37/h14-15,18-23,25-28,30,32,37,51H,13,16-17H2,1-12H3,(H2,43,48)/t19-,20-,21-,22+,23+,25+,26+,27-,28+,30-,32-,37?,39-,40+,41-/m1/s1. The predicted molar refractivity (Wildman–Crippen MR) is 218 cm³/mol. The number of ketones is 2. The van der Waals surface area contributed by atoms with E-state index in [9.17, 15) is 24.3 Å². The van der Waals surface area contributed by atoms with Crippen LogP contribution < -0.4 is 5.73 Å². The highest BCUT2D eigenvalue weighted by Gasteiger charge is 2.63. The molecule has 0 bridgehead atoms. The van der Waals surface area contributed by atoms with Crippen molar-refractivity contribution in [3.05, 3.63) is 23.6 Å². The van der Waals surface area contributed by atoms with Crippen LogP contribution in [0.2, 0.25) is 0 Å². The number of likely N-dealkylation sites (N-methyl/N-ethyl adjacent to an activating group) is 1. The highest BCUT2D eigenvalue weighted by atomic mass is 32.1. The van der Waals surface area contributed by atoms with Gasteiger partial charge in [-0.25, -0.2) is 9.18 Å². The van der Waals surface area contributed by atoms with Gasteiger partial charge in [0, 0.05) is 49.2 Å². The van der Waals surface area contributed by atoms with Crippen molar-refractivity contribution in [1.29, 1.82) is 0 Å². The summed E-state index contributed by atoms with van der Waals surface area (Å²) >= 11 is 1.19. The van der Waals surface area contributed by atoms with Crippen molar-refractivity contribution in [2.75, 3.05) is 21.2 Å². The normalized spacial score (nSPS) is 38.7. The fraction of sp³-hybridized carbons (Fsp3) is 0.732. The molecule has 3 saturated heterocycles. The topological polar surface area (TPSA) is 237 Å². The Kier molecular flexibility index (Phi) is 14.7. The summed E-state index contributed by atoms with van der Waals surface area (Å²) in [5.74, 6) is -10.1. The van der Waals surface area contributed by atoms with Crippen LogP contribution in [0.5, 0.6) is 0 Å². The lowest BCUT2D eigenvalue weighted by Gasteiger charge is -2.47. The van der Waals surface area contributed by atoms with Crippen LogP contribution >= 0.6 is 11.3 Å². The van der Waals surface area contributed by atoms with E-state index in [1.165, 1.54) is 50.9 Å². The molecule has 2 aromatic heterocycles. The Morgan fingerprint density at radius 3 is 2.41 bits per heavy atom. The number of nitrogens with two attached hydrogens (primary N) is 1. The van der Waals surface area contributed by atoms with Crippen molar-refractivity contribution >= 4 is 40.7 Å². The van der Waals surface area contributed by atoms with E-state index in [1.807, 2.05) is 11.8 Å². The number of carbonyl (C=O) groups is 4. The first kappa shape index (κ1) is 48.0. The number of amidine groups is 1. The summed E-state index contributed by atoms with van der Waals surface area (Å²) in [5, 5.41) is 24.8. The number of esters is 2. The molecule has 20 heteroatoms. The Labute approximate surface area is 359 Å². The van der Waals surface area contributed by atoms with Crippen LogP contribution in [-0.4, -0.2) is 134 Å². The molecule has 61 heavy (non-hydrogen) atoms. The number of carbonyl (C=O) groups excluding carboxylic acids is 4. The molecular formula is C41H60FN7O11S. The van der Waals surface area contributed by atoms with Gasteiger partial charge in [0.05, 0.1) is 24.0 Å². The monoisotopic (exact) mass is 877 g/mol. The van der Waals surface area contributed by atoms with Gasteiger partial charge in [-0.05, 0) is 68.0 Å². The summed E-state index contributed by atoms with van der Waals surface area (Å²) in [6.07, 6.45) is -1.39. The van der Waals surface area contributed by atoms with Crippen molar-refractivity contribution < 1.29 is 57.2 Å². The molecule has 3 fully saturated rings. The first-order chi connectivity index (χ1) is 28.5. The summed E-state index contributed by atoms with van der Waals surface area (Å²) in [6, 6.07) is -0.392. The highest BCUT2D eigenvalue weighted by Crippen LogP contribution is 2.48. The lowest BCUT2D eigenvalue weighted by atomic mass is 9.67. The molecule has 1 unspecified atom stereocenters. The first-order valence-corrected chi connectivity index (χ1v) is 21.3. The van der Waals surface area contributed by atoms with Gasteiger partial charge in [-0.1, -0.05) is 44.2 Å². The van der Waals surface area contributed by atoms with Crippen molar-refractivity contribution in [3.8, 4) is 10.7 Å². The SMILES string of the molecule is CC[C@@H]1OC(=O)[C@@](C)(F)C(=O)[C@H](C)[C@@H](OC2O[C@H](C)C[C@H](N(C)C)[C@H]2O)[C@](C)(OC)C[C@@H](C)C(=O)[C@H](C)[C@H]2[C@H](/C(N)=N/O[C@@H](C)c3nnc(-c4cnccn4)s3)C(=O)O[C@@]21C. The molecule has 0 aromatic carbocycles. The van der Waals surface area contributed by atoms with Crippen LogP contribution in [-0.2, 0) is 47.7 Å². The molecular weight excluding hydrogens is 818 g/mol. The van der Waals surface area contributed by atoms with Gasteiger partial charge in [-0.2, -0.15) is 0 Å². The van der Waals surface area contributed by atoms with E-state index in [-0.39, 0.29) is 30.6 Å². The molecule has 18 nitrogen and oxygen atoms in total. The summed E-state index contributed by atoms with van der Waals surface area (Å²) in [6.45, 7) is 13.7. The van der Waals surface area contributed by atoms with Gasteiger partial charge >= 0.3 is 11.9 Å². The Balaban J connectivity index is 1.53. The molecule has 3 aliphatic rings. The number of methoxy groups -OCH3 is 1. The number of aliphatic hydroxyl groups excluding tert-OH is 1. The maximum Gasteiger partial charge on any atom is 0.351 e. The van der Waals surface area contributed by atoms with Crippen molar-refractivity contribution in [1.82, 2.24) is 25.1 Å². The summed E-state index contributed by atoms with van der Waals surface area (Å²) < 4.78 is 47.4. The zero-order valence-corrected chi connectivity index (χ0v) is 37.7. The predicted octanol–water partition coefficient (Wildman–Crippen LogP) is 3.61. The maximum atomic E-state index is 16.9. The van der Waals surface area contributed by atoms with Gasteiger partial charge in [0.15, 0.2) is 39.6 Å². The van der Waals surface area contributed by atoms with Gasteiger partial charge in [-0.3, -0.25) is 24.4 Å². The minimum absolute atomic E-state index is 0.0135. The molecule has 0 aliphatic carbocycles. The van der Waals surface area contributed by atoms with Gasteiger partial charge in [0.25, 0.3) is 5.67 Å². The minimum Gasteiger partial charge on any atom is -0.455 e. The number of rotatable bonds is 10. The van der Waals surface area contributed by atoms with Crippen LogP contribution in [0.15, 0.2) is 23.7 Å². The molecule has 15 atom stereocenters. The lowest BCUT2D eigenvalue weighted by molar-refractivity contribution is -0.295. The molecule has 0 spiro atoms. The number of alkyl halides is 1. The van der Waals surface area contributed by atoms with E-state index in [0.29, 0.717) is 22.1 Å².